The minimum Gasteiger partial charge on any atom is -0.396 e. The van der Waals surface area contributed by atoms with E-state index in [9.17, 15) is 8.78 Å². The van der Waals surface area contributed by atoms with E-state index in [0.717, 1.165) is 11.1 Å². The number of nitrogens with two attached hydrogens (primary N) is 1. The summed E-state index contributed by atoms with van der Waals surface area (Å²) in [7, 11) is 0. The van der Waals surface area contributed by atoms with Crippen molar-refractivity contribution in [2.75, 3.05) is 5.73 Å². The van der Waals surface area contributed by atoms with Crippen molar-refractivity contribution in [1.29, 1.82) is 0 Å². The van der Waals surface area contributed by atoms with Gasteiger partial charge in [-0.3, -0.25) is 0 Å². The highest BCUT2D eigenvalue weighted by Crippen LogP contribution is 2.23. The molecule has 76 valence electrons. The predicted molar refractivity (Wildman–Crippen MR) is 56.2 cm³/mol. The van der Waals surface area contributed by atoms with Crippen LogP contribution in [0, 0.1) is 11.6 Å². The second kappa shape index (κ2) is 3.69. The van der Waals surface area contributed by atoms with Gasteiger partial charge < -0.3 is 5.73 Å². The molecule has 2 aromatic carbocycles. The summed E-state index contributed by atoms with van der Waals surface area (Å²) in [5.41, 5.74) is 7.11. The summed E-state index contributed by atoms with van der Waals surface area (Å²) in [6.45, 7) is 0. The third-order valence-corrected chi connectivity index (χ3v) is 2.17. The molecule has 2 aromatic rings. The SMILES string of the molecule is Nc1cc(-c2ccc(F)cc2)ccc1F. The highest BCUT2D eigenvalue weighted by Gasteiger charge is 2.02. The van der Waals surface area contributed by atoms with Crippen LogP contribution in [-0.2, 0) is 0 Å². The van der Waals surface area contributed by atoms with Gasteiger partial charge in [-0.05, 0) is 35.4 Å². The van der Waals surface area contributed by atoms with E-state index in [1.165, 1.54) is 24.3 Å². The molecule has 0 bridgehead atoms. The molecule has 0 saturated carbocycles. The van der Waals surface area contributed by atoms with Gasteiger partial charge in [0.1, 0.15) is 11.6 Å². The van der Waals surface area contributed by atoms with Crippen molar-refractivity contribution in [3.05, 3.63) is 54.1 Å². The summed E-state index contributed by atoms with van der Waals surface area (Å²) in [5.74, 6) is -0.741. The standard InChI is InChI=1S/C12H9F2N/c13-10-4-1-8(2-5-10)9-3-6-11(14)12(15)7-9/h1-7H,15H2. The van der Waals surface area contributed by atoms with Crippen LogP contribution in [0.2, 0.25) is 0 Å². The fourth-order valence-electron chi connectivity index (χ4n) is 1.37. The van der Waals surface area contributed by atoms with E-state index in [1.807, 2.05) is 0 Å². The number of hydrogen-bond acceptors (Lipinski definition) is 1. The van der Waals surface area contributed by atoms with Crippen LogP contribution in [-0.4, -0.2) is 0 Å². The molecule has 0 spiro atoms. The Balaban J connectivity index is 2.45. The van der Waals surface area contributed by atoms with Gasteiger partial charge in [0.2, 0.25) is 0 Å². The summed E-state index contributed by atoms with van der Waals surface area (Å²) in [5, 5.41) is 0. The fourth-order valence-corrected chi connectivity index (χ4v) is 1.37. The minimum atomic E-state index is -0.444. The van der Waals surface area contributed by atoms with E-state index in [2.05, 4.69) is 0 Å². The lowest BCUT2D eigenvalue weighted by molar-refractivity contribution is 0.628. The molecule has 0 aliphatic heterocycles. The van der Waals surface area contributed by atoms with Crippen LogP contribution in [0.1, 0.15) is 0 Å². The molecule has 0 heterocycles. The Bertz CT molecular complexity index is 477. The average Bonchev–Trinajstić information content (AvgIpc) is 2.23. The fraction of sp³-hybridized carbons (Fsp3) is 0. The number of nitrogen functional groups attached to an aromatic ring is 1. The van der Waals surface area contributed by atoms with E-state index in [1.54, 1.807) is 18.2 Å². The lowest BCUT2D eigenvalue weighted by atomic mass is 10.1. The predicted octanol–water partition coefficient (Wildman–Crippen LogP) is 3.21. The maximum Gasteiger partial charge on any atom is 0.146 e. The van der Waals surface area contributed by atoms with Crippen molar-refractivity contribution in [3.63, 3.8) is 0 Å². The first-order valence-corrected chi connectivity index (χ1v) is 4.48. The van der Waals surface area contributed by atoms with Crippen molar-refractivity contribution in [1.82, 2.24) is 0 Å². The van der Waals surface area contributed by atoms with Crippen LogP contribution in [0.4, 0.5) is 14.5 Å². The molecule has 0 fully saturated rings. The topological polar surface area (TPSA) is 26.0 Å². The lowest BCUT2D eigenvalue weighted by Gasteiger charge is -2.03. The molecule has 15 heavy (non-hydrogen) atoms. The maximum absolute atomic E-state index is 12.9. The van der Waals surface area contributed by atoms with Crippen molar-refractivity contribution >= 4 is 5.69 Å². The molecule has 0 aliphatic carbocycles. The van der Waals surface area contributed by atoms with Crippen molar-refractivity contribution in [2.45, 2.75) is 0 Å². The first kappa shape index (κ1) is 9.65. The number of anilines is 1. The molecule has 0 aliphatic rings. The molecule has 2 rings (SSSR count). The Hall–Kier alpha value is -1.90. The Labute approximate surface area is 86.2 Å². The summed E-state index contributed by atoms with van der Waals surface area (Å²) < 4.78 is 25.6. The van der Waals surface area contributed by atoms with Gasteiger partial charge in [0.15, 0.2) is 0 Å². The van der Waals surface area contributed by atoms with Crippen LogP contribution < -0.4 is 5.73 Å². The molecule has 0 atom stereocenters. The normalized spacial score (nSPS) is 10.3. The molecule has 1 nitrogen and oxygen atoms in total. The van der Waals surface area contributed by atoms with E-state index in [-0.39, 0.29) is 11.5 Å². The molecular weight excluding hydrogens is 196 g/mol. The number of hydrogen-bond donors (Lipinski definition) is 1. The quantitative estimate of drug-likeness (QED) is 0.711. The third kappa shape index (κ3) is 1.96. The summed E-state index contributed by atoms with van der Waals surface area (Å²) in [4.78, 5) is 0. The van der Waals surface area contributed by atoms with Gasteiger partial charge in [0.25, 0.3) is 0 Å². The largest absolute Gasteiger partial charge is 0.396 e. The zero-order valence-corrected chi connectivity index (χ0v) is 7.87. The van der Waals surface area contributed by atoms with Crippen LogP contribution in [0.15, 0.2) is 42.5 Å². The zero-order chi connectivity index (χ0) is 10.8. The summed E-state index contributed by atoms with van der Waals surface area (Å²) >= 11 is 0. The smallest absolute Gasteiger partial charge is 0.146 e. The van der Waals surface area contributed by atoms with Crippen LogP contribution in [0.3, 0.4) is 0 Å². The molecule has 0 radical (unpaired) electrons. The van der Waals surface area contributed by atoms with E-state index < -0.39 is 5.82 Å². The van der Waals surface area contributed by atoms with Crippen molar-refractivity contribution in [3.8, 4) is 11.1 Å². The molecule has 0 amide bonds. The minimum absolute atomic E-state index is 0.0943. The first-order valence-electron chi connectivity index (χ1n) is 4.48. The molecule has 3 heteroatoms. The highest BCUT2D eigenvalue weighted by atomic mass is 19.1. The molecule has 0 unspecified atom stereocenters. The molecule has 2 N–H and O–H groups in total. The van der Waals surface area contributed by atoms with Gasteiger partial charge in [0, 0.05) is 0 Å². The second-order valence-corrected chi connectivity index (χ2v) is 3.24. The van der Waals surface area contributed by atoms with Crippen molar-refractivity contribution in [2.24, 2.45) is 0 Å². The number of rotatable bonds is 1. The Morgan fingerprint density at radius 1 is 0.800 bits per heavy atom. The van der Waals surface area contributed by atoms with E-state index in [0.29, 0.717) is 0 Å². The van der Waals surface area contributed by atoms with E-state index in [4.69, 9.17) is 5.73 Å². The average molecular weight is 205 g/mol. The Morgan fingerprint density at radius 2 is 1.40 bits per heavy atom. The number of benzene rings is 2. The summed E-state index contributed by atoms with van der Waals surface area (Å²) in [6, 6.07) is 10.4. The zero-order valence-electron chi connectivity index (χ0n) is 7.87. The second-order valence-electron chi connectivity index (χ2n) is 3.24. The lowest BCUT2D eigenvalue weighted by Crippen LogP contribution is -1.90. The van der Waals surface area contributed by atoms with Gasteiger partial charge in [-0.15, -0.1) is 0 Å². The Kier molecular flexibility index (Phi) is 2.37. The van der Waals surface area contributed by atoms with Gasteiger partial charge >= 0.3 is 0 Å². The van der Waals surface area contributed by atoms with E-state index >= 15 is 0 Å². The van der Waals surface area contributed by atoms with Gasteiger partial charge in [0.05, 0.1) is 5.69 Å². The monoisotopic (exact) mass is 205 g/mol. The van der Waals surface area contributed by atoms with Gasteiger partial charge in [-0.1, -0.05) is 18.2 Å². The third-order valence-electron chi connectivity index (χ3n) is 2.17. The molecule has 0 saturated heterocycles. The van der Waals surface area contributed by atoms with Crippen LogP contribution >= 0.6 is 0 Å². The van der Waals surface area contributed by atoms with Gasteiger partial charge in [-0.2, -0.15) is 0 Å². The number of halogens is 2. The highest BCUT2D eigenvalue weighted by molar-refractivity contribution is 5.67. The van der Waals surface area contributed by atoms with Crippen LogP contribution in [0.5, 0.6) is 0 Å². The molecular formula is C12H9F2N. The summed E-state index contributed by atoms with van der Waals surface area (Å²) in [6.07, 6.45) is 0. The molecule has 0 aromatic heterocycles. The van der Waals surface area contributed by atoms with Crippen LogP contribution in [0.25, 0.3) is 11.1 Å². The maximum atomic E-state index is 12.9. The Morgan fingerprint density at radius 3 is 2.00 bits per heavy atom. The first-order chi connectivity index (χ1) is 7.16. The van der Waals surface area contributed by atoms with Gasteiger partial charge in [-0.25, -0.2) is 8.78 Å². The van der Waals surface area contributed by atoms with Crippen molar-refractivity contribution < 1.29 is 8.78 Å².